The first-order valence-electron chi connectivity index (χ1n) is 6.51. The average molecular weight is 281 g/mol. The van der Waals surface area contributed by atoms with Crippen LogP contribution < -0.4 is 5.32 Å². The van der Waals surface area contributed by atoms with Gasteiger partial charge in [-0.2, -0.15) is 0 Å². The Morgan fingerprint density at radius 3 is 2.74 bits per heavy atom. The number of carbonyl (C=O) groups is 1. The average Bonchev–Trinajstić information content (AvgIpc) is 2.34. The number of aryl methyl sites for hydroxylation is 2. The highest BCUT2D eigenvalue weighted by atomic mass is 32.2. The van der Waals surface area contributed by atoms with Crippen molar-refractivity contribution < 1.29 is 9.53 Å². The van der Waals surface area contributed by atoms with Crippen LogP contribution in [0, 0.1) is 13.8 Å². The molecule has 0 aliphatic rings. The van der Waals surface area contributed by atoms with Crippen molar-refractivity contribution in [2.75, 3.05) is 19.5 Å². The van der Waals surface area contributed by atoms with E-state index in [2.05, 4.69) is 37.4 Å². The molecule has 0 aliphatic heterocycles. The summed E-state index contributed by atoms with van der Waals surface area (Å²) in [5, 5.41) is 2.91. The van der Waals surface area contributed by atoms with Crippen LogP contribution in [0.15, 0.2) is 23.1 Å². The molecule has 1 amide bonds. The van der Waals surface area contributed by atoms with E-state index in [1.54, 1.807) is 18.9 Å². The highest BCUT2D eigenvalue weighted by Gasteiger charge is 2.07. The van der Waals surface area contributed by atoms with Gasteiger partial charge >= 0.3 is 0 Å². The van der Waals surface area contributed by atoms with Gasteiger partial charge in [-0.25, -0.2) is 0 Å². The summed E-state index contributed by atoms with van der Waals surface area (Å²) in [6, 6.07) is 6.48. The molecule has 1 unspecified atom stereocenters. The van der Waals surface area contributed by atoms with Crippen molar-refractivity contribution in [2.24, 2.45) is 0 Å². The fraction of sp³-hybridized carbons (Fsp3) is 0.533. The van der Waals surface area contributed by atoms with Crippen molar-refractivity contribution in [3.8, 4) is 0 Å². The Kier molecular flexibility index (Phi) is 6.95. The van der Waals surface area contributed by atoms with Gasteiger partial charge in [-0.15, -0.1) is 11.8 Å². The topological polar surface area (TPSA) is 38.3 Å². The number of rotatable bonds is 7. The maximum atomic E-state index is 11.7. The SMILES string of the molecule is COCC(C)NC(=O)CCSc1ccc(C)c(C)c1. The molecule has 1 aromatic carbocycles. The Labute approximate surface area is 120 Å². The number of carbonyl (C=O) groups excluding carboxylic acids is 1. The highest BCUT2D eigenvalue weighted by Crippen LogP contribution is 2.21. The van der Waals surface area contributed by atoms with Crippen LogP contribution in [0.3, 0.4) is 0 Å². The van der Waals surface area contributed by atoms with Crippen molar-refractivity contribution in [3.05, 3.63) is 29.3 Å². The van der Waals surface area contributed by atoms with Crippen LogP contribution in [0.1, 0.15) is 24.5 Å². The van der Waals surface area contributed by atoms with Gasteiger partial charge in [0.15, 0.2) is 0 Å². The lowest BCUT2D eigenvalue weighted by atomic mass is 10.1. The first kappa shape index (κ1) is 16.1. The number of hydrogen-bond donors (Lipinski definition) is 1. The van der Waals surface area contributed by atoms with Crippen LogP contribution in [0.4, 0.5) is 0 Å². The molecule has 19 heavy (non-hydrogen) atoms. The predicted molar refractivity (Wildman–Crippen MR) is 80.7 cm³/mol. The molecule has 0 bridgehead atoms. The van der Waals surface area contributed by atoms with Crippen molar-refractivity contribution in [3.63, 3.8) is 0 Å². The summed E-state index contributed by atoms with van der Waals surface area (Å²) in [6.07, 6.45) is 0.533. The van der Waals surface area contributed by atoms with Gasteiger partial charge in [0.05, 0.1) is 6.61 Å². The summed E-state index contributed by atoms with van der Waals surface area (Å²) in [5.74, 6) is 0.884. The summed E-state index contributed by atoms with van der Waals surface area (Å²) >= 11 is 1.72. The molecule has 0 fully saturated rings. The molecule has 0 saturated carbocycles. The van der Waals surface area contributed by atoms with E-state index in [1.165, 1.54) is 16.0 Å². The van der Waals surface area contributed by atoms with Crippen molar-refractivity contribution in [1.82, 2.24) is 5.32 Å². The fourth-order valence-electron chi connectivity index (χ4n) is 1.70. The van der Waals surface area contributed by atoms with Crippen LogP contribution >= 0.6 is 11.8 Å². The molecule has 0 aromatic heterocycles. The van der Waals surface area contributed by atoms with Gasteiger partial charge < -0.3 is 10.1 Å². The quantitative estimate of drug-likeness (QED) is 0.781. The van der Waals surface area contributed by atoms with Crippen molar-refractivity contribution in [1.29, 1.82) is 0 Å². The molecule has 1 aromatic rings. The Bertz CT molecular complexity index is 421. The van der Waals surface area contributed by atoms with E-state index < -0.39 is 0 Å². The lowest BCUT2D eigenvalue weighted by Gasteiger charge is -2.12. The van der Waals surface area contributed by atoms with Gasteiger partial charge in [-0.05, 0) is 44.0 Å². The lowest BCUT2D eigenvalue weighted by molar-refractivity contribution is -0.121. The third-order valence-corrected chi connectivity index (χ3v) is 3.90. The second-order valence-electron chi connectivity index (χ2n) is 4.77. The molecule has 1 atom stereocenters. The van der Waals surface area contributed by atoms with E-state index >= 15 is 0 Å². The fourth-order valence-corrected chi connectivity index (χ4v) is 2.65. The molecular formula is C15H23NO2S. The monoisotopic (exact) mass is 281 g/mol. The van der Waals surface area contributed by atoms with Crippen LogP contribution in [0.2, 0.25) is 0 Å². The molecular weight excluding hydrogens is 258 g/mol. The third kappa shape index (κ3) is 6.12. The Morgan fingerprint density at radius 2 is 2.11 bits per heavy atom. The molecule has 4 heteroatoms. The predicted octanol–water partition coefficient (Wildman–Crippen LogP) is 2.94. The number of methoxy groups -OCH3 is 1. The molecule has 0 heterocycles. The largest absolute Gasteiger partial charge is 0.383 e. The van der Waals surface area contributed by atoms with Crippen LogP contribution in [0.25, 0.3) is 0 Å². The minimum absolute atomic E-state index is 0.0733. The Hall–Kier alpha value is -1.00. The van der Waals surface area contributed by atoms with Crippen LogP contribution in [-0.4, -0.2) is 31.4 Å². The van der Waals surface area contributed by atoms with Gasteiger partial charge in [0.2, 0.25) is 5.91 Å². The zero-order valence-electron chi connectivity index (χ0n) is 12.2. The van der Waals surface area contributed by atoms with Crippen LogP contribution in [0.5, 0.6) is 0 Å². The normalized spacial score (nSPS) is 12.2. The van der Waals surface area contributed by atoms with Gasteiger partial charge in [0.25, 0.3) is 0 Å². The van der Waals surface area contributed by atoms with Gasteiger partial charge in [0, 0.05) is 30.2 Å². The van der Waals surface area contributed by atoms with E-state index in [4.69, 9.17) is 4.74 Å². The molecule has 1 rings (SSSR count). The molecule has 3 nitrogen and oxygen atoms in total. The second kappa shape index (κ2) is 8.23. The van der Waals surface area contributed by atoms with Gasteiger partial charge in [-0.3, -0.25) is 4.79 Å². The maximum Gasteiger partial charge on any atom is 0.221 e. The number of amides is 1. The highest BCUT2D eigenvalue weighted by molar-refractivity contribution is 7.99. The molecule has 106 valence electrons. The Morgan fingerprint density at radius 1 is 1.37 bits per heavy atom. The van der Waals surface area contributed by atoms with Crippen LogP contribution in [-0.2, 0) is 9.53 Å². The molecule has 1 N–H and O–H groups in total. The van der Waals surface area contributed by atoms with Crippen molar-refractivity contribution in [2.45, 2.75) is 38.1 Å². The lowest BCUT2D eigenvalue weighted by Crippen LogP contribution is -2.35. The van der Waals surface area contributed by atoms with E-state index in [9.17, 15) is 4.79 Å². The number of nitrogens with one attached hydrogen (secondary N) is 1. The van der Waals surface area contributed by atoms with Gasteiger partial charge in [0.1, 0.15) is 0 Å². The van der Waals surface area contributed by atoms with Gasteiger partial charge in [-0.1, -0.05) is 6.07 Å². The van der Waals surface area contributed by atoms with E-state index in [-0.39, 0.29) is 11.9 Å². The summed E-state index contributed by atoms with van der Waals surface area (Å²) in [5.41, 5.74) is 2.60. The minimum atomic E-state index is 0.0733. The summed E-state index contributed by atoms with van der Waals surface area (Å²) in [6.45, 7) is 6.71. The number of hydrogen-bond acceptors (Lipinski definition) is 3. The number of ether oxygens (including phenoxy) is 1. The summed E-state index contributed by atoms with van der Waals surface area (Å²) in [7, 11) is 1.64. The molecule has 0 spiro atoms. The van der Waals surface area contributed by atoms with Crippen molar-refractivity contribution >= 4 is 17.7 Å². The zero-order valence-corrected chi connectivity index (χ0v) is 13.0. The van der Waals surface area contributed by atoms with E-state index in [1.807, 2.05) is 6.92 Å². The molecule has 0 radical (unpaired) electrons. The number of benzene rings is 1. The standard InChI is InChI=1S/C15H23NO2S/c1-11-5-6-14(9-12(11)2)19-8-7-15(17)16-13(3)10-18-4/h5-6,9,13H,7-8,10H2,1-4H3,(H,16,17). The zero-order chi connectivity index (χ0) is 14.3. The first-order chi connectivity index (χ1) is 9.02. The number of thioether (sulfide) groups is 1. The van der Waals surface area contributed by atoms with E-state index in [0.29, 0.717) is 13.0 Å². The minimum Gasteiger partial charge on any atom is -0.383 e. The first-order valence-corrected chi connectivity index (χ1v) is 7.50. The summed E-state index contributed by atoms with van der Waals surface area (Å²) in [4.78, 5) is 12.9. The molecule has 0 aliphatic carbocycles. The second-order valence-corrected chi connectivity index (χ2v) is 5.94. The van der Waals surface area contributed by atoms with E-state index in [0.717, 1.165) is 5.75 Å². The smallest absolute Gasteiger partial charge is 0.221 e. The third-order valence-electron chi connectivity index (χ3n) is 2.90. The Balaban J connectivity index is 2.29. The summed E-state index contributed by atoms with van der Waals surface area (Å²) < 4.78 is 4.98. The maximum absolute atomic E-state index is 11.7. The molecule has 0 saturated heterocycles.